The second-order valence-electron chi connectivity index (χ2n) is 5.57. The lowest BCUT2D eigenvalue weighted by atomic mass is 10.1. The summed E-state index contributed by atoms with van der Waals surface area (Å²) in [6.07, 6.45) is 3.50. The van der Waals surface area contributed by atoms with Crippen LogP contribution < -0.4 is 5.32 Å². The molecule has 0 aliphatic carbocycles. The minimum Gasteiger partial charge on any atom is -0.347 e. The number of benzene rings is 1. The summed E-state index contributed by atoms with van der Waals surface area (Å²) in [7, 11) is 0. The lowest BCUT2D eigenvalue weighted by molar-refractivity contribution is -0.130. The van der Waals surface area contributed by atoms with Crippen molar-refractivity contribution >= 4 is 23.3 Å². The van der Waals surface area contributed by atoms with Crippen molar-refractivity contribution in [1.29, 1.82) is 0 Å². The van der Waals surface area contributed by atoms with Crippen LogP contribution in [0.15, 0.2) is 36.5 Å². The van der Waals surface area contributed by atoms with Gasteiger partial charge in [-0.15, -0.1) is 5.10 Å². The van der Waals surface area contributed by atoms with Gasteiger partial charge in [-0.05, 0) is 29.9 Å². The molecule has 1 unspecified atom stereocenters. The first-order chi connectivity index (χ1) is 11.2. The van der Waals surface area contributed by atoms with Crippen LogP contribution in [-0.2, 0) is 11.2 Å². The summed E-state index contributed by atoms with van der Waals surface area (Å²) < 4.78 is 3.68. The average molecular weight is 330 g/mol. The van der Waals surface area contributed by atoms with Crippen LogP contribution in [0.2, 0.25) is 0 Å². The molecule has 23 heavy (non-hydrogen) atoms. The van der Waals surface area contributed by atoms with Crippen molar-refractivity contribution < 1.29 is 9.59 Å². The zero-order chi connectivity index (χ0) is 16.1. The van der Waals surface area contributed by atoms with E-state index < -0.39 is 0 Å². The van der Waals surface area contributed by atoms with E-state index in [4.69, 9.17) is 0 Å². The number of nitrogens with zero attached hydrogens (tertiary/aromatic N) is 3. The monoisotopic (exact) mass is 330 g/mol. The maximum absolute atomic E-state index is 12.3. The number of aromatic nitrogens is 2. The third kappa shape index (κ3) is 4.13. The molecule has 1 N–H and O–H groups in total. The molecule has 6 nitrogen and oxygen atoms in total. The van der Waals surface area contributed by atoms with Crippen LogP contribution in [0.5, 0.6) is 0 Å². The first-order valence-electron chi connectivity index (χ1n) is 7.62. The Bertz CT molecular complexity index is 660. The molecule has 0 spiro atoms. The molecule has 0 saturated carbocycles. The Morgan fingerprint density at radius 3 is 2.87 bits per heavy atom. The standard InChI is InChI=1S/C16H18N4O2S/c21-15(7-6-12-4-2-1-3-5-12)20-9-8-13(11-20)18-16(22)14-10-17-19-23-14/h1-5,10,13H,6-9,11H2,(H,18,22). The minimum atomic E-state index is -0.163. The van der Waals surface area contributed by atoms with E-state index in [0.29, 0.717) is 24.4 Å². The van der Waals surface area contributed by atoms with E-state index >= 15 is 0 Å². The molecule has 1 aromatic heterocycles. The van der Waals surface area contributed by atoms with Gasteiger partial charge in [0.2, 0.25) is 5.91 Å². The highest BCUT2D eigenvalue weighted by molar-refractivity contribution is 7.07. The summed E-state index contributed by atoms with van der Waals surface area (Å²) >= 11 is 1.07. The minimum absolute atomic E-state index is 0.00488. The fourth-order valence-electron chi connectivity index (χ4n) is 2.68. The summed E-state index contributed by atoms with van der Waals surface area (Å²) in [6.45, 7) is 1.27. The maximum Gasteiger partial charge on any atom is 0.264 e. The Hall–Kier alpha value is -2.28. The molecule has 2 amide bonds. The van der Waals surface area contributed by atoms with Crippen molar-refractivity contribution in [2.24, 2.45) is 0 Å². The van der Waals surface area contributed by atoms with Crippen molar-refractivity contribution in [2.75, 3.05) is 13.1 Å². The number of aryl methyl sites for hydroxylation is 1. The van der Waals surface area contributed by atoms with E-state index in [2.05, 4.69) is 14.9 Å². The first kappa shape index (κ1) is 15.6. The quantitative estimate of drug-likeness (QED) is 0.901. The van der Waals surface area contributed by atoms with Gasteiger partial charge in [0, 0.05) is 25.6 Å². The van der Waals surface area contributed by atoms with Gasteiger partial charge in [-0.25, -0.2) is 0 Å². The first-order valence-corrected chi connectivity index (χ1v) is 8.39. The third-order valence-electron chi connectivity index (χ3n) is 3.93. The number of carbonyl (C=O) groups is 2. The van der Waals surface area contributed by atoms with Gasteiger partial charge in [0.05, 0.1) is 6.20 Å². The maximum atomic E-state index is 12.3. The molecule has 1 aliphatic heterocycles. The number of hydrogen-bond donors (Lipinski definition) is 1. The van der Waals surface area contributed by atoms with E-state index in [-0.39, 0.29) is 17.9 Å². The summed E-state index contributed by atoms with van der Waals surface area (Å²) in [5.74, 6) is -0.0198. The second-order valence-corrected chi connectivity index (χ2v) is 6.35. The van der Waals surface area contributed by atoms with Crippen molar-refractivity contribution in [3.63, 3.8) is 0 Å². The van der Waals surface area contributed by atoms with Gasteiger partial charge in [-0.1, -0.05) is 34.8 Å². The molecule has 120 valence electrons. The Kier molecular flexibility index (Phi) is 4.97. The normalized spacial score (nSPS) is 17.2. The second kappa shape index (κ2) is 7.32. The van der Waals surface area contributed by atoms with E-state index in [9.17, 15) is 9.59 Å². The predicted octanol–water partition coefficient (Wildman–Crippen LogP) is 1.50. The Morgan fingerprint density at radius 2 is 2.13 bits per heavy atom. The number of nitrogens with one attached hydrogen (secondary N) is 1. The topological polar surface area (TPSA) is 75.2 Å². The summed E-state index contributed by atoms with van der Waals surface area (Å²) in [5.41, 5.74) is 1.17. The SMILES string of the molecule is O=C(NC1CCN(C(=O)CCc2ccccc2)C1)c1cnns1. The molecule has 1 saturated heterocycles. The number of likely N-dealkylation sites (tertiary alicyclic amines) is 1. The van der Waals surface area contributed by atoms with Gasteiger partial charge in [0.15, 0.2) is 0 Å². The highest BCUT2D eigenvalue weighted by Gasteiger charge is 2.27. The fraction of sp³-hybridized carbons (Fsp3) is 0.375. The molecule has 1 fully saturated rings. The Balaban J connectivity index is 1.45. The summed E-state index contributed by atoms with van der Waals surface area (Å²) in [6, 6.07) is 10.0. The molecule has 0 bridgehead atoms. The highest BCUT2D eigenvalue weighted by Crippen LogP contribution is 2.13. The van der Waals surface area contributed by atoms with Crippen LogP contribution in [0.3, 0.4) is 0 Å². The largest absolute Gasteiger partial charge is 0.347 e. The Morgan fingerprint density at radius 1 is 1.30 bits per heavy atom. The van der Waals surface area contributed by atoms with Gasteiger partial charge in [0.25, 0.3) is 5.91 Å². The van der Waals surface area contributed by atoms with Gasteiger partial charge in [0.1, 0.15) is 4.88 Å². The van der Waals surface area contributed by atoms with Crippen LogP contribution in [0.25, 0.3) is 0 Å². The zero-order valence-electron chi connectivity index (χ0n) is 12.6. The van der Waals surface area contributed by atoms with Crippen LogP contribution >= 0.6 is 11.5 Å². The van der Waals surface area contributed by atoms with Crippen molar-refractivity contribution in [3.05, 3.63) is 47.0 Å². The van der Waals surface area contributed by atoms with Crippen molar-refractivity contribution in [2.45, 2.75) is 25.3 Å². The van der Waals surface area contributed by atoms with Crippen molar-refractivity contribution in [1.82, 2.24) is 19.8 Å². The van der Waals surface area contributed by atoms with Gasteiger partial charge in [-0.2, -0.15) is 0 Å². The molecule has 2 heterocycles. The third-order valence-corrected chi connectivity index (χ3v) is 4.60. The van der Waals surface area contributed by atoms with E-state index in [1.807, 2.05) is 35.2 Å². The molecule has 0 radical (unpaired) electrons. The van der Waals surface area contributed by atoms with E-state index in [1.165, 1.54) is 11.8 Å². The van der Waals surface area contributed by atoms with Crippen LogP contribution in [0.4, 0.5) is 0 Å². The summed E-state index contributed by atoms with van der Waals surface area (Å²) in [4.78, 5) is 26.6. The van der Waals surface area contributed by atoms with Crippen molar-refractivity contribution in [3.8, 4) is 0 Å². The van der Waals surface area contributed by atoms with Crippen LogP contribution in [0, 0.1) is 0 Å². The average Bonchev–Trinajstić information content (AvgIpc) is 3.25. The highest BCUT2D eigenvalue weighted by atomic mass is 32.1. The number of amides is 2. The molecule has 1 atom stereocenters. The molecule has 3 rings (SSSR count). The van der Waals surface area contributed by atoms with Crippen LogP contribution in [0.1, 0.15) is 28.1 Å². The number of hydrogen-bond acceptors (Lipinski definition) is 5. The summed E-state index contributed by atoms with van der Waals surface area (Å²) in [5, 5.41) is 6.59. The zero-order valence-corrected chi connectivity index (χ0v) is 13.5. The lowest BCUT2D eigenvalue weighted by Crippen LogP contribution is -2.38. The molecule has 7 heteroatoms. The van der Waals surface area contributed by atoms with Gasteiger partial charge < -0.3 is 10.2 Å². The number of carbonyl (C=O) groups excluding carboxylic acids is 2. The smallest absolute Gasteiger partial charge is 0.264 e. The van der Waals surface area contributed by atoms with Gasteiger partial charge >= 0.3 is 0 Å². The lowest BCUT2D eigenvalue weighted by Gasteiger charge is -2.17. The predicted molar refractivity (Wildman–Crippen MR) is 87.1 cm³/mol. The number of rotatable bonds is 5. The van der Waals surface area contributed by atoms with Gasteiger partial charge in [-0.3, -0.25) is 9.59 Å². The Labute approximate surface area is 138 Å². The molecule has 1 aliphatic rings. The molecular formula is C16H18N4O2S. The van der Waals surface area contributed by atoms with Crippen LogP contribution in [-0.4, -0.2) is 45.4 Å². The molecule has 1 aromatic carbocycles. The molecular weight excluding hydrogens is 312 g/mol. The fourth-order valence-corrected chi connectivity index (χ4v) is 3.10. The van der Waals surface area contributed by atoms with E-state index in [1.54, 1.807) is 0 Å². The molecule has 2 aromatic rings. The van der Waals surface area contributed by atoms with E-state index in [0.717, 1.165) is 24.4 Å².